The molecule has 0 bridgehead atoms. The smallest absolute Gasteiger partial charge is 0.319 e. The standard InChI is InChI=1S/C13H18N4O3/c18-13(14-7-10-16-8-1-2-9-16)15-11-3-5-12(6-4-11)17(19)20/h3-6H,1-2,7-10H2,(H2,14,15,18). The van der Waals surface area contributed by atoms with Crippen molar-refractivity contribution in [2.45, 2.75) is 12.8 Å². The quantitative estimate of drug-likeness (QED) is 0.635. The SMILES string of the molecule is O=C(NCCN1CCCC1)Nc1ccc([N+](=O)[O-])cc1. The molecule has 1 aliphatic rings. The zero-order valence-electron chi connectivity index (χ0n) is 11.2. The Bertz CT molecular complexity index is 469. The van der Waals surface area contributed by atoms with Crippen LogP contribution < -0.4 is 10.6 Å². The second kappa shape index (κ2) is 6.85. The van der Waals surface area contributed by atoms with E-state index in [1.807, 2.05) is 0 Å². The van der Waals surface area contributed by atoms with E-state index >= 15 is 0 Å². The first-order chi connectivity index (χ1) is 9.65. The van der Waals surface area contributed by atoms with Crippen LogP contribution in [0.1, 0.15) is 12.8 Å². The van der Waals surface area contributed by atoms with Gasteiger partial charge in [-0.3, -0.25) is 10.1 Å². The highest BCUT2D eigenvalue weighted by molar-refractivity contribution is 5.89. The first kappa shape index (κ1) is 14.3. The van der Waals surface area contributed by atoms with Gasteiger partial charge in [-0.2, -0.15) is 0 Å². The van der Waals surface area contributed by atoms with E-state index in [2.05, 4.69) is 15.5 Å². The number of hydrogen-bond acceptors (Lipinski definition) is 4. The summed E-state index contributed by atoms with van der Waals surface area (Å²) in [4.78, 5) is 24.0. The van der Waals surface area contributed by atoms with Gasteiger partial charge in [0.2, 0.25) is 0 Å². The normalized spacial score (nSPS) is 15.0. The molecule has 1 fully saturated rings. The Morgan fingerprint density at radius 2 is 1.90 bits per heavy atom. The molecule has 0 atom stereocenters. The minimum Gasteiger partial charge on any atom is -0.337 e. The van der Waals surface area contributed by atoms with Crippen LogP contribution >= 0.6 is 0 Å². The summed E-state index contributed by atoms with van der Waals surface area (Å²) in [6.07, 6.45) is 2.46. The van der Waals surface area contributed by atoms with E-state index in [4.69, 9.17) is 0 Å². The molecule has 0 aliphatic carbocycles. The minimum atomic E-state index is -0.472. The molecule has 0 unspecified atom stereocenters. The Morgan fingerprint density at radius 1 is 1.25 bits per heavy atom. The number of hydrogen-bond donors (Lipinski definition) is 2. The van der Waals surface area contributed by atoms with Gasteiger partial charge in [0.25, 0.3) is 5.69 Å². The highest BCUT2D eigenvalue weighted by Gasteiger charge is 2.11. The average Bonchev–Trinajstić information content (AvgIpc) is 2.92. The monoisotopic (exact) mass is 278 g/mol. The molecule has 2 rings (SSSR count). The molecular formula is C13H18N4O3. The lowest BCUT2D eigenvalue weighted by Crippen LogP contribution is -2.35. The van der Waals surface area contributed by atoms with Crippen molar-refractivity contribution in [1.29, 1.82) is 0 Å². The molecule has 2 amide bonds. The van der Waals surface area contributed by atoms with E-state index in [0.29, 0.717) is 12.2 Å². The molecule has 0 aromatic heterocycles. The topological polar surface area (TPSA) is 87.5 Å². The van der Waals surface area contributed by atoms with Crippen LogP contribution in [0.25, 0.3) is 0 Å². The number of nitro benzene ring substituents is 1. The van der Waals surface area contributed by atoms with Crippen LogP contribution in [0.15, 0.2) is 24.3 Å². The number of non-ortho nitro benzene ring substituents is 1. The maximum Gasteiger partial charge on any atom is 0.319 e. The molecule has 1 aromatic rings. The summed E-state index contributed by atoms with van der Waals surface area (Å²) in [5.74, 6) is 0. The summed E-state index contributed by atoms with van der Waals surface area (Å²) in [5.41, 5.74) is 0.541. The van der Waals surface area contributed by atoms with E-state index in [0.717, 1.165) is 19.6 Å². The van der Waals surface area contributed by atoms with Crippen molar-refractivity contribution in [2.75, 3.05) is 31.5 Å². The number of carbonyl (C=O) groups is 1. The highest BCUT2D eigenvalue weighted by atomic mass is 16.6. The fraction of sp³-hybridized carbons (Fsp3) is 0.462. The molecule has 1 aromatic carbocycles. The van der Waals surface area contributed by atoms with Crippen molar-refractivity contribution in [3.63, 3.8) is 0 Å². The molecule has 0 spiro atoms. The van der Waals surface area contributed by atoms with Crippen molar-refractivity contribution in [1.82, 2.24) is 10.2 Å². The first-order valence-corrected chi connectivity index (χ1v) is 6.67. The van der Waals surface area contributed by atoms with Gasteiger partial charge < -0.3 is 15.5 Å². The van der Waals surface area contributed by atoms with Crippen molar-refractivity contribution >= 4 is 17.4 Å². The van der Waals surface area contributed by atoms with Crippen molar-refractivity contribution in [3.8, 4) is 0 Å². The lowest BCUT2D eigenvalue weighted by atomic mass is 10.3. The summed E-state index contributed by atoms with van der Waals surface area (Å²) in [6.45, 7) is 3.66. The molecule has 0 saturated carbocycles. The maximum atomic E-state index is 11.6. The van der Waals surface area contributed by atoms with E-state index < -0.39 is 4.92 Å². The van der Waals surface area contributed by atoms with E-state index in [1.165, 1.54) is 37.1 Å². The van der Waals surface area contributed by atoms with Gasteiger partial charge in [-0.25, -0.2) is 4.79 Å². The second-order valence-corrected chi connectivity index (χ2v) is 4.73. The number of rotatable bonds is 5. The number of anilines is 1. The van der Waals surface area contributed by atoms with Gasteiger partial charge in [0.15, 0.2) is 0 Å². The number of urea groups is 1. The van der Waals surface area contributed by atoms with Crippen LogP contribution in [0.3, 0.4) is 0 Å². The molecule has 2 N–H and O–H groups in total. The number of amides is 2. The van der Waals surface area contributed by atoms with E-state index in [1.54, 1.807) is 0 Å². The Labute approximate surface area is 117 Å². The number of nitro groups is 1. The number of carbonyl (C=O) groups excluding carboxylic acids is 1. The molecule has 7 heteroatoms. The molecule has 7 nitrogen and oxygen atoms in total. The molecule has 20 heavy (non-hydrogen) atoms. The van der Waals surface area contributed by atoms with Crippen LogP contribution in [-0.2, 0) is 0 Å². The summed E-state index contributed by atoms with van der Waals surface area (Å²) < 4.78 is 0. The molecular weight excluding hydrogens is 260 g/mol. The summed E-state index contributed by atoms with van der Waals surface area (Å²) in [5, 5.41) is 15.9. The maximum absolute atomic E-state index is 11.6. The molecule has 1 saturated heterocycles. The third-order valence-corrected chi connectivity index (χ3v) is 3.25. The van der Waals surface area contributed by atoms with Gasteiger partial charge in [0, 0.05) is 30.9 Å². The lowest BCUT2D eigenvalue weighted by Gasteiger charge is -2.14. The summed E-state index contributed by atoms with van der Waals surface area (Å²) in [6, 6.07) is 5.45. The van der Waals surface area contributed by atoms with Crippen LogP contribution in [0.5, 0.6) is 0 Å². The number of benzene rings is 1. The predicted molar refractivity (Wildman–Crippen MR) is 75.8 cm³/mol. The zero-order chi connectivity index (χ0) is 14.4. The van der Waals surface area contributed by atoms with Gasteiger partial charge in [0.05, 0.1) is 4.92 Å². The zero-order valence-corrected chi connectivity index (χ0v) is 11.2. The lowest BCUT2D eigenvalue weighted by molar-refractivity contribution is -0.384. The Kier molecular flexibility index (Phi) is 4.89. The molecule has 1 aliphatic heterocycles. The Morgan fingerprint density at radius 3 is 2.50 bits per heavy atom. The second-order valence-electron chi connectivity index (χ2n) is 4.73. The van der Waals surface area contributed by atoms with Crippen LogP contribution in [0.2, 0.25) is 0 Å². The third kappa shape index (κ3) is 4.20. The van der Waals surface area contributed by atoms with E-state index in [-0.39, 0.29) is 11.7 Å². The molecule has 108 valence electrons. The fourth-order valence-corrected chi connectivity index (χ4v) is 2.18. The summed E-state index contributed by atoms with van der Waals surface area (Å²) in [7, 11) is 0. The first-order valence-electron chi connectivity index (χ1n) is 6.67. The average molecular weight is 278 g/mol. The van der Waals surface area contributed by atoms with Crippen LogP contribution in [0.4, 0.5) is 16.2 Å². The third-order valence-electron chi connectivity index (χ3n) is 3.25. The van der Waals surface area contributed by atoms with Crippen molar-refractivity contribution in [2.24, 2.45) is 0 Å². The van der Waals surface area contributed by atoms with Crippen molar-refractivity contribution in [3.05, 3.63) is 34.4 Å². The van der Waals surface area contributed by atoms with Crippen LogP contribution in [0, 0.1) is 10.1 Å². The number of nitrogens with zero attached hydrogens (tertiary/aromatic N) is 2. The highest BCUT2D eigenvalue weighted by Crippen LogP contribution is 2.15. The predicted octanol–water partition coefficient (Wildman–Crippen LogP) is 1.81. The van der Waals surface area contributed by atoms with Crippen molar-refractivity contribution < 1.29 is 9.72 Å². The Hall–Kier alpha value is -2.15. The largest absolute Gasteiger partial charge is 0.337 e. The minimum absolute atomic E-state index is 0.00462. The van der Waals surface area contributed by atoms with E-state index in [9.17, 15) is 14.9 Å². The number of nitrogens with one attached hydrogen (secondary N) is 2. The number of likely N-dealkylation sites (tertiary alicyclic amines) is 1. The Balaban J connectivity index is 1.71. The summed E-state index contributed by atoms with van der Waals surface area (Å²) >= 11 is 0. The van der Waals surface area contributed by atoms with Crippen LogP contribution in [-0.4, -0.2) is 42.0 Å². The fourth-order valence-electron chi connectivity index (χ4n) is 2.18. The van der Waals surface area contributed by atoms with Gasteiger partial charge in [-0.1, -0.05) is 0 Å². The van der Waals surface area contributed by atoms with Gasteiger partial charge in [-0.05, 0) is 38.1 Å². The van der Waals surface area contributed by atoms with Gasteiger partial charge in [0.1, 0.15) is 0 Å². The van der Waals surface area contributed by atoms with Gasteiger partial charge >= 0.3 is 6.03 Å². The molecule has 0 radical (unpaired) electrons. The molecule has 1 heterocycles. The van der Waals surface area contributed by atoms with Gasteiger partial charge in [-0.15, -0.1) is 0 Å².